The Hall–Kier alpha value is -1.89. The standard InChI is InChI=1S/C10H12ClN3O4/c1-3-18-9(15)6-13(2)10-8(11)4-7(5-12-10)14(16)17/h4-5H,3,6H2,1-2H3. The second kappa shape index (κ2) is 6.15. The third-order valence-corrected chi connectivity index (χ3v) is 2.33. The van der Waals surface area contributed by atoms with Crippen LogP contribution in [0.3, 0.4) is 0 Å². The first kappa shape index (κ1) is 14.2. The molecule has 1 rings (SSSR count). The number of carbonyl (C=O) groups is 1. The molecule has 1 aromatic heterocycles. The molecule has 0 fully saturated rings. The van der Waals surface area contributed by atoms with Gasteiger partial charge in [0.2, 0.25) is 0 Å². The first-order valence-corrected chi connectivity index (χ1v) is 5.50. The Balaban J connectivity index is 2.83. The average molecular weight is 274 g/mol. The number of carbonyl (C=O) groups excluding carboxylic acids is 1. The van der Waals surface area contributed by atoms with Crippen LogP contribution < -0.4 is 4.90 Å². The SMILES string of the molecule is CCOC(=O)CN(C)c1ncc([N+](=O)[O-])cc1Cl. The van der Waals surface area contributed by atoms with Crippen molar-refractivity contribution in [2.45, 2.75) is 6.92 Å². The molecule has 8 heteroatoms. The van der Waals surface area contributed by atoms with E-state index in [0.29, 0.717) is 0 Å². The second-order valence-corrected chi connectivity index (χ2v) is 3.82. The number of aromatic nitrogens is 1. The summed E-state index contributed by atoms with van der Waals surface area (Å²) in [5, 5.41) is 10.6. The van der Waals surface area contributed by atoms with Gasteiger partial charge in [0.15, 0.2) is 0 Å². The molecule has 0 atom stereocenters. The van der Waals surface area contributed by atoms with E-state index in [4.69, 9.17) is 16.3 Å². The maximum Gasteiger partial charge on any atom is 0.325 e. The minimum absolute atomic E-state index is 0.0294. The molecule has 0 aliphatic rings. The molecule has 7 nitrogen and oxygen atoms in total. The summed E-state index contributed by atoms with van der Waals surface area (Å²) in [6.07, 6.45) is 1.09. The number of nitro groups is 1. The van der Waals surface area contributed by atoms with Gasteiger partial charge in [0.05, 0.1) is 16.6 Å². The zero-order valence-electron chi connectivity index (χ0n) is 9.92. The molecule has 0 aliphatic carbocycles. The van der Waals surface area contributed by atoms with E-state index in [1.165, 1.54) is 11.0 Å². The predicted octanol–water partition coefficient (Wildman–Crippen LogP) is 1.64. The van der Waals surface area contributed by atoms with Crippen LogP contribution in [0.25, 0.3) is 0 Å². The monoisotopic (exact) mass is 273 g/mol. The van der Waals surface area contributed by atoms with Gasteiger partial charge in [-0.2, -0.15) is 0 Å². The molecular formula is C10H12ClN3O4. The van der Waals surface area contributed by atoms with Gasteiger partial charge in [0, 0.05) is 13.1 Å². The first-order valence-electron chi connectivity index (χ1n) is 5.12. The van der Waals surface area contributed by atoms with E-state index < -0.39 is 10.9 Å². The highest BCUT2D eigenvalue weighted by Crippen LogP contribution is 2.26. The van der Waals surface area contributed by atoms with Crippen LogP contribution in [0.4, 0.5) is 11.5 Å². The molecule has 0 amide bonds. The van der Waals surface area contributed by atoms with E-state index in [2.05, 4.69) is 4.98 Å². The fourth-order valence-corrected chi connectivity index (χ4v) is 1.58. The summed E-state index contributed by atoms with van der Waals surface area (Å²) in [5.74, 6) is -0.133. The Morgan fingerprint density at radius 2 is 2.33 bits per heavy atom. The van der Waals surface area contributed by atoms with Crippen molar-refractivity contribution < 1.29 is 14.5 Å². The van der Waals surface area contributed by atoms with Gasteiger partial charge in [-0.1, -0.05) is 11.6 Å². The van der Waals surface area contributed by atoms with Crippen LogP contribution in [0.1, 0.15) is 6.92 Å². The smallest absolute Gasteiger partial charge is 0.325 e. The summed E-state index contributed by atoms with van der Waals surface area (Å²) in [6, 6.07) is 1.19. The van der Waals surface area contributed by atoms with E-state index in [1.54, 1.807) is 14.0 Å². The Morgan fingerprint density at radius 3 is 2.83 bits per heavy atom. The molecule has 98 valence electrons. The molecule has 0 radical (unpaired) electrons. The molecule has 0 aliphatic heterocycles. The van der Waals surface area contributed by atoms with Gasteiger partial charge in [-0.3, -0.25) is 14.9 Å². The minimum atomic E-state index is -0.589. The quantitative estimate of drug-likeness (QED) is 0.460. The number of anilines is 1. The average Bonchev–Trinajstić information content (AvgIpc) is 2.28. The van der Waals surface area contributed by atoms with Crippen LogP contribution in [0.15, 0.2) is 12.3 Å². The van der Waals surface area contributed by atoms with E-state index in [0.717, 1.165) is 6.20 Å². The summed E-state index contributed by atoms with van der Waals surface area (Å²) >= 11 is 5.87. The van der Waals surface area contributed by atoms with Gasteiger partial charge in [-0.15, -0.1) is 0 Å². The lowest BCUT2D eigenvalue weighted by Gasteiger charge is -2.17. The maximum atomic E-state index is 11.3. The first-order chi connectivity index (χ1) is 8.45. The van der Waals surface area contributed by atoms with E-state index in [1.807, 2.05) is 0 Å². The Morgan fingerprint density at radius 1 is 1.67 bits per heavy atom. The van der Waals surface area contributed by atoms with Crippen molar-refractivity contribution in [2.75, 3.05) is 25.1 Å². The Kier molecular flexibility index (Phi) is 4.85. The van der Waals surface area contributed by atoms with Crippen molar-refractivity contribution in [3.63, 3.8) is 0 Å². The highest BCUT2D eigenvalue weighted by Gasteiger charge is 2.16. The number of halogens is 1. The predicted molar refractivity (Wildman–Crippen MR) is 65.8 cm³/mol. The molecule has 1 aromatic rings. The van der Waals surface area contributed by atoms with Gasteiger partial charge in [0.25, 0.3) is 5.69 Å². The van der Waals surface area contributed by atoms with Crippen molar-refractivity contribution in [3.8, 4) is 0 Å². The summed E-state index contributed by atoms with van der Waals surface area (Å²) in [5.41, 5.74) is -0.201. The molecule has 1 heterocycles. The minimum Gasteiger partial charge on any atom is -0.465 e. The normalized spacial score (nSPS) is 9.94. The summed E-state index contributed by atoms with van der Waals surface area (Å²) < 4.78 is 4.78. The molecular weight excluding hydrogens is 262 g/mol. The summed E-state index contributed by atoms with van der Waals surface area (Å²) in [6.45, 7) is 1.96. The van der Waals surface area contributed by atoms with Crippen molar-refractivity contribution in [2.24, 2.45) is 0 Å². The Bertz CT molecular complexity index is 466. The van der Waals surface area contributed by atoms with Crippen molar-refractivity contribution >= 4 is 29.1 Å². The zero-order chi connectivity index (χ0) is 13.7. The van der Waals surface area contributed by atoms with Crippen molar-refractivity contribution in [1.29, 1.82) is 0 Å². The van der Waals surface area contributed by atoms with E-state index >= 15 is 0 Å². The van der Waals surface area contributed by atoms with E-state index in [-0.39, 0.29) is 29.7 Å². The summed E-state index contributed by atoms with van der Waals surface area (Å²) in [4.78, 5) is 26.5. The number of nitrogens with zero attached hydrogens (tertiary/aromatic N) is 3. The summed E-state index contributed by atoms with van der Waals surface area (Å²) in [7, 11) is 1.59. The number of ether oxygens (including phenoxy) is 1. The molecule has 0 bridgehead atoms. The van der Waals surface area contributed by atoms with Gasteiger partial charge in [-0.05, 0) is 6.92 Å². The van der Waals surface area contributed by atoms with Gasteiger partial charge in [0.1, 0.15) is 18.6 Å². The van der Waals surface area contributed by atoms with Gasteiger partial charge in [-0.25, -0.2) is 4.98 Å². The van der Waals surface area contributed by atoms with Crippen molar-refractivity contribution in [3.05, 3.63) is 27.4 Å². The number of esters is 1. The number of pyridine rings is 1. The number of likely N-dealkylation sites (N-methyl/N-ethyl adjacent to an activating group) is 1. The third kappa shape index (κ3) is 3.56. The maximum absolute atomic E-state index is 11.3. The van der Waals surface area contributed by atoms with Crippen LogP contribution in [0, 0.1) is 10.1 Å². The zero-order valence-corrected chi connectivity index (χ0v) is 10.7. The van der Waals surface area contributed by atoms with Crippen LogP contribution >= 0.6 is 11.6 Å². The van der Waals surface area contributed by atoms with Gasteiger partial charge < -0.3 is 9.64 Å². The molecule has 0 unspecified atom stereocenters. The van der Waals surface area contributed by atoms with Crippen LogP contribution in [0.5, 0.6) is 0 Å². The molecule has 18 heavy (non-hydrogen) atoms. The lowest BCUT2D eigenvalue weighted by molar-refractivity contribution is -0.385. The largest absolute Gasteiger partial charge is 0.465 e. The molecule has 0 saturated carbocycles. The van der Waals surface area contributed by atoms with E-state index in [9.17, 15) is 14.9 Å². The van der Waals surface area contributed by atoms with Crippen LogP contribution in [-0.2, 0) is 9.53 Å². The fraction of sp³-hybridized carbons (Fsp3) is 0.400. The molecule has 0 aromatic carbocycles. The second-order valence-electron chi connectivity index (χ2n) is 3.42. The molecule has 0 N–H and O–H groups in total. The lowest BCUT2D eigenvalue weighted by Crippen LogP contribution is -2.28. The number of rotatable bonds is 5. The molecule has 0 saturated heterocycles. The lowest BCUT2D eigenvalue weighted by atomic mass is 10.4. The fourth-order valence-electron chi connectivity index (χ4n) is 1.28. The van der Waals surface area contributed by atoms with Crippen LogP contribution in [-0.4, -0.2) is 36.1 Å². The topological polar surface area (TPSA) is 85.6 Å². The van der Waals surface area contributed by atoms with Crippen molar-refractivity contribution in [1.82, 2.24) is 4.98 Å². The highest BCUT2D eigenvalue weighted by atomic mass is 35.5. The number of hydrogen-bond acceptors (Lipinski definition) is 6. The third-order valence-electron chi connectivity index (χ3n) is 2.05. The highest BCUT2D eigenvalue weighted by molar-refractivity contribution is 6.33. The van der Waals surface area contributed by atoms with Crippen LogP contribution in [0.2, 0.25) is 5.02 Å². The molecule has 0 spiro atoms. The number of hydrogen-bond donors (Lipinski definition) is 0. The van der Waals surface area contributed by atoms with Gasteiger partial charge >= 0.3 is 5.97 Å². The Labute approximate surface area is 108 Å².